The Balaban J connectivity index is 1.99. The topological polar surface area (TPSA) is 43.8 Å². The zero-order valence-corrected chi connectivity index (χ0v) is 19.8. The van der Waals surface area contributed by atoms with Gasteiger partial charge in [0.1, 0.15) is 0 Å². The van der Waals surface area contributed by atoms with Crippen LogP contribution in [0.4, 0.5) is 0 Å². The molecule has 170 valence electrons. The Bertz CT molecular complexity index is 1190. The van der Waals surface area contributed by atoms with Gasteiger partial charge in [0.25, 0.3) is 0 Å². The fourth-order valence-corrected chi connectivity index (χ4v) is 4.47. The van der Waals surface area contributed by atoms with Gasteiger partial charge in [-0.2, -0.15) is 0 Å². The first-order valence-corrected chi connectivity index (χ1v) is 10.9. The summed E-state index contributed by atoms with van der Waals surface area (Å²) in [6.07, 6.45) is 9.21. The molecule has 0 saturated heterocycles. The minimum absolute atomic E-state index is 0.553. The summed E-state index contributed by atoms with van der Waals surface area (Å²) in [5.41, 5.74) is 4.71. The van der Waals surface area contributed by atoms with E-state index in [0.717, 1.165) is 34.4 Å². The molecule has 33 heavy (non-hydrogen) atoms. The van der Waals surface area contributed by atoms with Gasteiger partial charge >= 0.3 is 0 Å². The molecule has 3 aromatic rings. The van der Waals surface area contributed by atoms with Crippen LogP contribution in [0.1, 0.15) is 17.5 Å². The quantitative estimate of drug-likeness (QED) is 0.486. The van der Waals surface area contributed by atoms with E-state index in [4.69, 9.17) is 19.2 Å². The number of aromatic nitrogens is 1. The molecule has 0 radical (unpaired) electrons. The second-order valence-electron chi connectivity index (χ2n) is 8.22. The van der Waals surface area contributed by atoms with Crippen LogP contribution < -0.4 is 14.2 Å². The fourth-order valence-electron chi connectivity index (χ4n) is 4.47. The third-order valence-electron chi connectivity index (χ3n) is 6.20. The van der Waals surface area contributed by atoms with Gasteiger partial charge in [0.05, 0.1) is 26.7 Å². The summed E-state index contributed by atoms with van der Waals surface area (Å²) < 4.78 is 17.3. The van der Waals surface area contributed by atoms with Crippen molar-refractivity contribution < 1.29 is 14.2 Å². The van der Waals surface area contributed by atoms with Gasteiger partial charge in [0.15, 0.2) is 11.5 Å². The zero-order valence-electron chi connectivity index (χ0n) is 19.8. The summed E-state index contributed by atoms with van der Waals surface area (Å²) in [4.78, 5) is 6.82. The maximum atomic E-state index is 5.88. The SMILES string of the molecule is COc1cccc(C2(c3cc(-c4ccccc4)cnc3OC)C=CC(N(C)C)=CC2)c1OC. The number of methoxy groups -OCH3 is 3. The van der Waals surface area contributed by atoms with Crippen LogP contribution in [-0.4, -0.2) is 45.3 Å². The van der Waals surface area contributed by atoms with Gasteiger partial charge in [0.2, 0.25) is 5.88 Å². The lowest BCUT2D eigenvalue weighted by Crippen LogP contribution is -2.29. The molecule has 5 heteroatoms. The molecule has 0 bridgehead atoms. The van der Waals surface area contributed by atoms with E-state index in [0.29, 0.717) is 17.4 Å². The molecule has 0 fully saturated rings. The highest BCUT2D eigenvalue weighted by Gasteiger charge is 2.39. The van der Waals surface area contributed by atoms with E-state index in [1.807, 2.05) is 50.6 Å². The third-order valence-corrected chi connectivity index (χ3v) is 6.20. The summed E-state index contributed by atoms with van der Waals surface area (Å²) in [5.74, 6) is 1.99. The second-order valence-corrected chi connectivity index (χ2v) is 8.22. The number of hydrogen-bond acceptors (Lipinski definition) is 5. The van der Waals surface area contributed by atoms with Gasteiger partial charge in [0, 0.05) is 42.7 Å². The van der Waals surface area contributed by atoms with Crippen LogP contribution >= 0.6 is 0 Å². The first-order valence-electron chi connectivity index (χ1n) is 10.9. The predicted molar refractivity (Wildman–Crippen MR) is 132 cm³/mol. The summed E-state index contributed by atoms with van der Waals surface area (Å²) in [6, 6.07) is 18.5. The molecule has 0 aliphatic heterocycles. The Labute approximate surface area is 195 Å². The average molecular weight is 443 g/mol. The van der Waals surface area contributed by atoms with Gasteiger partial charge in [-0.3, -0.25) is 0 Å². The number of hydrogen-bond donors (Lipinski definition) is 0. The van der Waals surface area contributed by atoms with Crippen molar-refractivity contribution in [3.05, 3.63) is 95.8 Å². The number of likely N-dealkylation sites (N-methyl/N-ethyl adjacent to an activating group) is 1. The Morgan fingerprint density at radius 2 is 1.64 bits per heavy atom. The predicted octanol–water partition coefficient (Wildman–Crippen LogP) is 5.47. The Morgan fingerprint density at radius 1 is 0.848 bits per heavy atom. The van der Waals surface area contributed by atoms with Crippen molar-refractivity contribution in [2.75, 3.05) is 35.4 Å². The van der Waals surface area contributed by atoms with Crippen molar-refractivity contribution in [1.82, 2.24) is 9.88 Å². The lowest BCUT2D eigenvalue weighted by molar-refractivity contribution is 0.344. The normalized spacial score (nSPS) is 17.3. The molecule has 1 atom stereocenters. The van der Waals surface area contributed by atoms with E-state index in [1.54, 1.807) is 21.3 Å². The number of allylic oxidation sites excluding steroid dienone is 3. The molecule has 1 unspecified atom stereocenters. The Morgan fingerprint density at radius 3 is 2.24 bits per heavy atom. The van der Waals surface area contributed by atoms with E-state index >= 15 is 0 Å². The number of nitrogens with zero attached hydrogens (tertiary/aromatic N) is 2. The van der Waals surface area contributed by atoms with Crippen molar-refractivity contribution in [3.63, 3.8) is 0 Å². The van der Waals surface area contributed by atoms with Crippen LogP contribution in [0.3, 0.4) is 0 Å². The van der Waals surface area contributed by atoms with Crippen molar-refractivity contribution in [2.24, 2.45) is 0 Å². The van der Waals surface area contributed by atoms with E-state index in [9.17, 15) is 0 Å². The van der Waals surface area contributed by atoms with E-state index in [2.05, 4.69) is 47.4 Å². The molecule has 1 aliphatic carbocycles. The Kier molecular flexibility index (Phi) is 6.40. The lowest BCUT2D eigenvalue weighted by atomic mass is 9.69. The summed E-state index contributed by atoms with van der Waals surface area (Å²) in [5, 5.41) is 0. The minimum atomic E-state index is -0.553. The molecule has 1 heterocycles. The molecule has 4 rings (SSSR count). The number of benzene rings is 2. The van der Waals surface area contributed by atoms with Crippen LogP contribution in [0.2, 0.25) is 0 Å². The van der Waals surface area contributed by atoms with Crippen LogP contribution in [0.25, 0.3) is 11.1 Å². The van der Waals surface area contributed by atoms with Gasteiger partial charge in [-0.05, 0) is 30.2 Å². The lowest BCUT2D eigenvalue weighted by Gasteiger charge is -2.36. The second kappa shape index (κ2) is 9.41. The first kappa shape index (κ1) is 22.5. The molecule has 0 spiro atoms. The van der Waals surface area contributed by atoms with Crippen LogP contribution in [0.15, 0.2) is 84.7 Å². The average Bonchev–Trinajstić information content (AvgIpc) is 2.88. The largest absolute Gasteiger partial charge is 0.493 e. The highest BCUT2D eigenvalue weighted by Crippen LogP contribution is 2.50. The van der Waals surface area contributed by atoms with Crippen LogP contribution in [-0.2, 0) is 5.41 Å². The van der Waals surface area contributed by atoms with Crippen LogP contribution in [0, 0.1) is 0 Å². The van der Waals surface area contributed by atoms with Crippen molar-refractivity contribution in [1.29, 1.82) is 0 Å². The van der Waals surface area contributed by atoms with E-state index < -0.39 is 5.41 Å². The molecular weight excluding hydrogens is 412 g/mol. The van der Waals surface area contributed by atoms with E-state index in [1.165, 1.54) is 0 Å². The fraction of sp³-hybridized carbons (Fsp3) is 0.250. The third kappa shape index (κ3) is 4.07. The minimum Gasteiger partial charge on any atom is -0.493 e. The molecule has 0 amide bonds. The smallest absolute Gasteiger partial charge is 0.217 e. The van der Waals surface area contributed by atoms with Gasteiger partial charge in [-0.15, -0.1) is 0 Å². The molecule has 0 saturated carbocycles. The number of para-hydroxylation sites is 1. The van der Waals surface area contributed by atoms with Gasteiger partial charge < -0.3 is 19.1 Å². The highest BCUT2D eigenvalue weighted by atomic mass is 16.5. The zero-order chi connectivity index (χ0) is 23.4. The number of rotatable bonds is 7. The first-order chi connectivity index (χ1) is 16.0. The van der Waals surface area contributed by atoms with Crippen molar-refractivity contribution >= 4 is 0 Å². The highest BCUT2D eigenvalue weighted by molar-refractivity contribution is 5.68. The van der Waals surface area contributed by atoms with Gasteiger partial charge in [-0.1, -0.05) is 54.6 Å². The molecular formula is C28H30N2O3. The summed E-state index contributed by atoms with van der Waals surface area (Å²) >= 11 is 0. The molecule has 1 aliphatic rings. The number of pyridine rings is 1. The molecule has 1 aromatic heterocycles. The maximum Gasteiger partial charge on any atom is 0.217 e. The van der Waals surface area contributed by atoms with Crippen LogP contribution in [0.5, 0.6) is 17.4 Å². The molecule has 0 N–H and O–H groups in total. The van der Waals surface area contributed by atoms with Crippen molar-refractivity contribution in [2.45, 2.75) is 11.8 Å². The van der Waals surface area contributed by atoms with Crippen molar-refractivity contribution in [3.8, 4) is 28.5 Å². The standard InChI is InChI=1S/C28H30N2O3/c1-30(2)22-14-16-28(17-15-22,23-12-9-13-25(31-3)26(23)32-4)24-18-21(19-29-27(24)33-5)20-10-7-6-8-11-20/h6-16,18-19H,17H2,1-5H3. The molecule has 5 nitrogen and oxygen atoms in total. The van der Waals surface area contributed by atoms with E-state index in [-0.39, 0.29) is 0 Å². The maximum absolute atomic E-state index is 5.88. The summed E-state index contributed by atoms with van der Waals surface area (Å²) in [6.45, 7) is 0. The Hall–Kier alpha value is -3.73. The summed E-state index contributed by atoms with van der Waals surface area (Å²) in [7, 11) is 9.10. The number of ether oxygens (including phenoxy) is 3. The molecule has 2 aromatic carbocycles. The monoisotopic (exact) mass is 442 g/mol. The van der Waals surface area contributed by atoms with Gasteiger partial charge in [-0.25, -0.2) is 4.98 Å².